The summed E-state index contributed by atoms with van der Waals surface area (Å²) in [5.41, 5.74) is -0.251. The van der Waals surface area contributed by atoms with Gasteiger partial charge in [0.25, 0.3) is 5.69 Å². The molecule has 0 saturated carbocycles. The molecule has 1 aromatic carbocycles. The average molecular weight is 330 g/mol. The highest BCUT2D eigenvalue weighted by Gasteiger charge is 2.22. The Hall–Kier alpha value is -1.76. The van der Waals surface area contributed by atoms with Crippen molar-refractivity contribution in [1.29, 1.82) is 0 Å². The van der Waals surface area contributed by atoms with Crippen LogP contribution < -0.4 is 0 Å². The van der Waals surface area contributed by atoms with Crippen LogP contribution in [0.5, 0.6) is 0 Å². The Kier molecular flexibility index (Phi) is 5.62. The number of ketones is 1. The van der Waals surface area contributed by atoms with Crippen LogP contribution in [0.4, 0.5) is 5.69 Å². The standard InChI is InChI=1S/C12H12BrNO5/c1-2-19-12(16)8-3-4-10(14(17)18)9(7-8)11(15)5-6-13/h3-4,7H,2,5-6H2,1H3. The van der Waals surface area contributed by atoms with Gasteiger partial charge in [-0.1, -0.05) is 15.9 Å². The van der Waals surface area contributed by atoms with E-state index in [1.54, 1.807) is 6.92 Å². The van der Waals surface area contributed by atoms with Crippen molar-refractivity contribution in [2.24, 2.45) is 0 Å². The fourth-order valence-electron chi connectivity index (χ4n) is 1.48. The molecule has 0 bridgehead atoms. The molecule has 1 aromatic rings. The lowest BCUT2D eigenvalue weighted by molar-refractivity contribution is -0.385. The number of halogens is 1. The van der Waals surface area contributed by atoms with Crippen molar-refractivity contribution in [1.82, 2.24) is 0 Å². The number of carbonyl (C=O) groups is 2. The molecule has 0 aromatic heterocycles. The van der Waals surface area contributed by atoms with Gasteiger partial charge in [0.1, 0.15) is 0 Å². The molecule has 0 aliphatic rings. The largest absolute Gasteiger partial charge is 0.462 e. The molecule has 0 saturated heterocycles. The zero-order valence-corrected chi connectivity index (χ0v) is 11.8. The van der Waals surface area contributed by atoms with Crippen LogP contribution in [0.3, 0.4) is 0 Å². The third-order valence-electron chi connectivity index (χ3n) is 2.33. The summed E-state index contributed by atoms with van der Waals surface area (Å²) in [6.45, 7) is 1.85. The van der Waals surface area contributed by atoms with Gasteiger partial charge in [0.2, 0.25) is 0 Å². The molecule has 1 rings (SSSR count). The van der Waals surface area contributed by atoms with Crippen LogP contribution >= 0.6 is 15.9 Å². The summed E-state index contributed by atoms with van der Waals surface area (Å²) in [6.07, 6.45) is 0.118. The van der Waals surface area contributed by atoms with E-state index in [1.165, 1.54) is 12.1 Å². The van der Waals surface area contributed by atoms with Gasteiger partial charge in [-0.3, -0.25) is 14.9 Å². The molecular weight excluding hydrogens is 318 g/mol. The Balaban J connectivity index is 3.22. The first-order valence-electron chi connectivity index (χ1n) is 5.56. The first-order chi connectivity index (χ1) is 9.01. The SMILES string of the molecule is CCOC(=O)c1ccc([N+](=O)[O-])c(C(=O)CCBr)c1. The summed E-state index contributed by atoms with van der Waals surface area (Å²) in [5, 5.41) is 11.3. The number of esters is 1. The predicted octanol–water partition coefficient (Wildman–Crippen LogP) is 2.74. The Labute approximate surface area is 118 Å². The molecule has 0 aliphatic carbocycles. The second-order valence-electron chi connectivity index (χ2n) is 3.57. The van der Waals surface area contributed by atoms with E-state index in [-0.39, 0.29) is 29.8 Å². The number of benzene rings is 1. The van der Waals surface area contributed by atoms with Crippen LogP contribution in [0.2, 0.25) is 0 Å². The number of carbonyl (C=O) groups excluding carboxylic acids is 2. The molecule has 19 heavy (non-hydrogen) atoms. The molecule has 102 valence electrons. The number of nitro groups is 1. The summed E-state index contributed by atoms with van der Waals surface area (Å²) in [4.78, 5) is 33.6. The van der Waals surface area contributed by atoms with E-state index in [2.05, 4.69) is 15.9 Å². The molecule has 0 heterocycles. The maximum absolute atomic E-state index is 11.8. The highest BCUT2D eigenvalue weighted by molar-refractivity contribution is 9.09. The first-order valence-corrected chi connectivity index (χ1v) is 6.68. The number of alkyl halides is 1. The zero-order valence-electron chi connectivity index (χ0n) is 10.2. The Morgan fingerprint density at radius 2 is 2.11 bits per heavy atom. The minimum atomic E-state index is -0.642. The number of hydrogen-bond donors (Lipinski definition) is 0. The molecule has 6 nitrogen and oxygen atoms in total. The van der Waals surface area contributed by atoms with E-state index in [4.69, 9.17) is 4.74 Å². The molecule has 0 aliphatic heterocycles. The molecule has 0 spiro atoms. The number of nitro benzene ring substituents is 1. The van der Waals surface area contributed by atoms with Gasteiger partial charge in [-0.2, -0.15) is 0 Å². The molecule has 0 amide bonds. The smallest absolute Gasteiger partial charge is 0.338 e. The molecule has 0 radical (unpaired) electrons. The second-order valence-corrected chi connectivity index (χ2v) is 4.36. The molecule has 0 unspecified atom stereocenters. The lowest BCUT2D eigenvalue weighted by atomic mass is 10.0. The minimum absolute atomic E-state index is 0.0741. The third kappa shape index (κ3) is 3.85. The Morgan fingerprint density at radius 1 is 1.42 bits per heavy atom. The average Bonchev–Trinajstić information content (AvgIpc) is 2.38. The summed E-state index contributed by atoms with van der Waals surface area (Å²) in [5.74, 6) is -1.000. The lowest BCUT2D eigenvalue weighted by Crippen LogP contribution is -2.09. The number of hydrogen-bond acceptors (Lipinski definition) is 5. The van der Waals surface area contributed by atoms with Crippen LogP contribution in [0.1, 0.15) is 34.1 Å². The van der Waals surface area contributed by atoms with Crippen LogP contribution in [-0.2, 0) is 4.74 Å². The van der Waals surface area contributed by atoms with E-state index in [1.807, 2.05) is 0 Å². The summed E-state index contributed by atoms with van der Waals surface area (Å²) >= 11 is 3.10. The highest BCUT2D eigenvalue weighted by atomic mass is 79.9. The minimum Gasteiger partial charge on any atom is -0.462 e. The fourth-order valence-corrected chi connectivity index (χ4v) is 1.84. The number of Topliss-reactive ketones (excluding diaryl/α,β-unsaturated/α-hetero) is 1. The predicted molar refractivity (Wildman–Crippen MR) is 71.8 cm³/mol. The normalized spacial score (nSPS) is 10.0. The van der Waals surface area contributed by atoms with Crippen LogP contribution in [-0.4, -0.2) is 28.6 Å². The van der Waals surface area contributed by atoms with Crippen molar-refractivity contribution >= 4 is 33.4 Å². The maximum atomic E-state index is 11.8. The van der Waals surface area contributed by atoms with Crippen molar-refractivity contribution < 1.29 is 19.2 Å². The molecule has 0 atom stereocenters. The van der Waals surface area contributed by atoms with Crippen LogP contribution in [0.15, 0.2) is 18.2 Å². The second kappa shape index (κ2) is 6.98. The van der Waals surface area contributed by atoms with E-state index >= 15 is 0 Å². The van der Waals surface area contributed by atoms with E-state index in [0.29, 0.717) is 5.33 Å². The molecule has 7 heteroatoms. The van der Waals surface area contributed by atoms with E-state index < -0.39 is 16.7 Å². The molecule has 0 N–H and O–H groups in total. The van der Waals surface area contributed by atoms with Crippen molar-refractivity contribution in [3.8, 4) is 0 Å². The number of rotatable bonds is 6. The summed E-state index contributed by atoms with van der Waals surface area (Å²) in [6, 6.07) is 3.63. The van der Waals surface area contributed by atoms with Gasteiger partial charge in [0.15, 0.2) is 5.78 Å². The lowest BCUT2D eigenvalue weighted by Gasteiger charge is -2.05. The fraction of sp³-hybridized carbons (Fsp3) is 0.333. The van der Waals surface area contributed by atoms with E-state index in [0.717, 1.165) is 6.07 Å². The van der Waals surface area contributed by atoms with Crippen LogP contribution in [0.25, 0.3) is 0 Å². The quantitative estimate of drug-likeness (QED) is 0.263. The van der Waals surface area contributed by atoms with Gasteiger partial charge >= 0.3 is 5.97 Å². The van der Waals surface area contributed by atoms with Crippen molar-refractivity contribution in [3.63, 3.8) is 0 Å². The van der Waals surface area contributed by atoms with Crippen LogP contribution in [0, 0.1) is 10.1 Å². The topological polar surface area (TPSA) is 86.5 Å². The van der Waals surface area contributed by atoms with Gasteiger partial charge in [0.05, 0.1) is 22.7 Å². The van der Waals surface area contributed by atoms with Crippen molar-refractivity contribution in [3.05, 3.63) is 39.4 Å². The third-order valence-corrected chi connectivity index (χ3v) is 2.72. The number of nitrogens with zero attached hydrogens (tertiary/aromatic N) is 1. The van der Waals surface area contributed by atoms with Gasteiger partial charge < -0.3 is 4.74 Å². The van der Waals surface area contributed by atoms with Gasteiger partial charge in [-0.25, -0.2) is 4.79 Å². The monoisotopic (exact) mass is 329 g/mol. The number of ether oxygens (including phenoxy) is 1. The van der Waals surface area contributed by atoms with Gasteiger partial charge in [0, 0.05) is 17.8 Å². The first kappa shape index (κ1) is 15.3. The maximum Gasteiger partial charge on any atom is 0.338 e. The van der Waals surface area contributed by atoms with E-state index in [9.17, 15) is 19.7 Å². The van der Waals surface area contributed by atoms with Crippen molar-refractivity contribution in [2.45, 2.75) is 13.3 Å². The Bertz CT molecular complexity index is 515. The highest BCUT2D eigenvalue weighted by Crippen LogP contribution is 2.22. The summed E-state index contributed by atoms with van der Waals surface area (Å²) in [7, 11) is 0. The zero-order chi connectivity index (χ0) is 14.4. The summed E-state index contributed by atoms with van der Waals surface area (Å²) < 4.78 is 4.79. The van der Waals surface area contributed by atoms with Gasteiger partial charge in [-0.15, -0.1) is 0 Å². The molecular formula is C12H12BrNO5. The molecule has 0 fully saturated rings. The van der Waals surface area contributed by atoms with Gasteiger partial charge in [-0.05, 0) is 19.1 Å². The Morgan fingerprint density at radius 3 is 2.63 bits per heavy atom. The van der Waals surface area contributed by atoms with Crippen molar-refractivity contribution in [2.75, 3.05) is 11.9 Å².